The topological polar surface area (TPSA) is 58.2 Å². The Balaban J connectivity index is 2.74. The van der Waals surface area contributed by atoms with E-state index in [2.05, 4.69) is 10.6 Å². The molecule has 0 bridgehead atoms. The molecular weight excluding hydrogens is 240 g/mol. The van der Waals surface area contributed by atoms with Crippen LogP contribution in [0.3, 0.4) is 0 Å². The monoisotopic (exact) mass is 262 g/mol. The molecular formula is C15H22N2O2. The first-order valence-corrected chi connectivity index (χ1v) is 6.66. The van der Waals surface area contributed by atoms with Crippen molar-refractivity contribution in [1.29, 1.82) is 0 Å². The highest BCUT2D eigenvalue weighted by atomic mass is 16.2. The van der Waals surface area contributed by atoms with Crippen molar-refractivity contribution in [1.82, 2.24) is 5.32 Å². The van der Waals surface area contributed by atoms with E-state index < -0.39 is 11.8 Å². The number of nitrogens with one attached hydrogen (secondary N) is 2. The number of hydrogen-bond acceptors (Lipinski definition) is 2. The number of anilines is 1. The number of rotatable bonds is 4. The summed E-state index contributed by atoms with van der Waals surface area (Å²) in [7, 11) is 0. The quantitative estimate of drug-likeness (QED) is 0.820. The molecule has 104 valence electrons. The zero-order chi connectivity index (χ0) is 14.4. The fourth-order valence-corrected chi connectivity index (χ4v) is 1.68. The maximum absolute atomic E-state index is 11.8. The molecule has 2 N–H and O–H groups in total. The van der Waals surface area contributed by atoms with Gasteiger partial charge in [0, 0.05) is 11.7 Å². The fourth-order valence-electron chi connectivity index (χ4n) is 1.68. The lowest BCUT2D eigenvalue weighted by Crippen LogP contribution is -2.40. The minimum Gasteiger partial charge on any atom is -0.345 e. The average molecular weight is 262 g/mol. The largest absolute Gasteiger partial charge is 0.345 e. The first-order chi connectivity index (χ1) is 8.95. The third-order valence-electron chi connectivity index (χ3n) is 3.03. The van der Waals surface area contributed by atoms with Crippen molar-refractivity contribution in [2.75, 3.05) is 5.32 Å². The second-order valence-electron chi connectivity index (χ2n) is 4.98. The van der Waals surface area contributed by atoms with E-state index in [-0.39, 0.29) is 12.0 Å². The van der Waals surface area contributed by atoms with Crippen molar-refractivity contribution >= 4 is 17.5 Å². The molecule has 0 radical (unpaired) electrons. The van der Waals surface area contributed by atoms with Crippen LogP contribution in [0.5, 0.6) is 0 Å². The molecule has 4 heteroatoms. The van der Waals surface area contributed by atoms with Gasteiger partial charge in [-0.25, -0.2) is 0 Å². The van der Waals surface area contributed by atoms with E-state index in [1.807, 2.05) is 52.0 Å². The number of carbonyl (C=O) groups is 2. The molecule has 1 atom stereocenters. The van der Waals surface area contributed by atoms with Crippen LogP contribution in [0.4, 0.5) is 5.69 Å². The van der Waals surface area contributed by atoms with E-state index in [9.17, 15) is 9.59 Å². The van der Waals surface area contributed by atoms with Crippen molar-refractivity contribution in [3.8, 4) is 0 Å². The standard InChI is InChI=1S/C15H22N2O2/c1-5-11(4)16-14(18)15(19)17-13-9-7-6-8-12(13)10(2)3/h6-11H,5H2,1-4H3,(H,16,18)(H,17,19)/t11-/m1/s1. The summed E-state index contributed by atoms with van der Waals surface area (Å²) >= 11 is 0. The van der Waals surface area contributed by atoms with Gasteiger partial charge in [-0.3, -0.25) is 9.59 Å². The van der Waals surface area contributed by atoms with Crippen molar-refractivity contribution in [3.05, 3.63) is 29.8 Å². The summed E-state index contributed by atoms with van der Waals surface area (Å²) in [6.07, 6.45) is 0.793. The summed E-state index contributed by atoms with van der Waals surface area (Å²) in [5.41, 5.74) is 1.72. The molecule has 19 heavy (non-hydrogen) atoms. The van der Waals surface area contributed by atoms with E-state index in [0.717, 1.165) is 12.0 Å². The minimum atomic E-state index is -0.617. The van der Waals surface area contributed by atoms with Gasteiger partial charge in [0.05, 0.1) is 0 Å². The molecule has 1 rings (SSSR count). The van der Waals surface area contributed by atoms with Gasteiger partial charge in [0.25, 0.3) is 0 Å². The molecule has 1 aromatic carbocycles. The normalized spacial score (nSPS) is 12.1. The van der Waals surface area contributed by atoms with E-state index >= 15 is 0 Å². The summed E-state index contributed by atoms with van der Waals surface area (Å²) in [5, 5.41) is 5.32. The molecule has 0 saturated heterocycles. The average Bonchev–Trinajstić information content (AvgIpc) is 2.38. The second kappa shape index (κ2) is 6.92. The molecule has 0 spiro atoms. The smallest absolute Gasteiger partial charge is 0.313 e. The Kier molecular flexibility index (Phi) is 5.55. The molecule has 0 unspecified atom stereocenters. The van der Waals surface area contributed by atoms with Crippen molar-refractivity contribution in [3.63, 3.8) is 0 Å². The Morgan fingerprint density at radius 1 is 1.11 bits per heavy atom. The zero-order valence-electron chi connectivity index (χ0n) is 12.0. The summed E-state index contributed by atoms with van der Waals surface area (Å²) in [5.74, 6) is -0.921. The SMILES string of the molecule is CC[C@@H](C)NC(=O)C(=O)Nc1ccccc1C(C)C. The van der Waals surface area contributed by atoms with Gasteiger partial charge in [0.2, 0.25) is 0 Å². The van der Waals surface area contributed by atoms with Crippen LogP contribution in [0, 0.1) is 0 Å². The predicted octanol–water partition coefficient (Wildman–Crippen LogP) is 2.66. The van der Waals surface area contributed by atoms with Gasteiger partial charge >= 0.3 is 11.8 Å². The van der Waals surface area contributed by atoms with Crippen LogP contribution >= 0.6 is 0 Å². The second-order valence-corrected chi connectivity index (χ2v) is 4.98. The molecule has 1 aromatic rings. The maximum atomic E-state index is 11.8. The number of benzene rings is 1. The van der Waals surface area contributed by atoms with Crippen LogP contribution in [-0.4, -0.2) is 17.9 Å². The van der Waals surface area contributed by atoms with Gasteiger partial charge in [-0.2, -0.15) is 0 Å². The van der Waals surface area contributed by atoms with E-state index in [1.165, 1.54) is 0 Å². The third kappa shape index (κ3) is 4.39. The summed E-state index contributed by atoms with van der Waals surface area (Å²) < 4.78 is 0. The molecule has 4 nitrogen and oxygen atoms in total. The molecule has 0 aliphatic rings. The van der Waals surface area contributed by atoms with Crippen LogP contribution in [0.15, 0.2) is 24.3 Å². The van der Waals surface area contributed by atoms with Gasteiger partial charge in [-0.05, 0) is 30.9 Å². The molecule has 0 aromatic heterocycles. The fraction of sp³-hybridized carbons (Fsp3) is 0.467. The highest BCUT2D eigenvalue weighted by Gasteiger charge is 2.17. The summed E-state index contributed by atoms with van der Waals surface area (Å²) in [4.78, 5) is 23.5. The summed E-state index contributed by atoms with van der Waals surface area (Å²) in [6.45, 7) is 7.92. The van der Waals surface area contributed by atoms with Crippen LogP contribution in [0.2, 0.25) is 0 Å². The zero-order valence-corrected chi connectivity index (χ0v) is 12.0. The van der Waals surface area contributed by atoms with Crippen molar-refractivity contribution in [2.24, 2.45) is 0 Å². The molecule has 2 amide bonds. The number of amides is 2. The van der Waals surface area contributed by atoms with Gasteiger partial charge in [-0.1, -0.05) is 39.0 Å². The number of hydrogen-bond donors (Lipinski definition) is 2. The van der Waals surface area contributed by atoms with E-state index in [1.54, 1.807) is 0 Å². The number of carbonyl (C=O) groups excluding carboxylic acids is 2. The Labute approximate surface area is 114 Å². The minimum absolute atomic E-state index is 0.00130. The van der Waals surface area contributed by atoms with Crippen LogP contribution in [0.1, 0.15) is 45.6 Å². The first-order valence-electron chi connectivity index (χ1n) is 6.66. The van der Waals surface area contributed by atoms with Gasteiger partial charge in [0.15, 0.2) is 0 Å². The van der Waals surface area contributed by atoms with Crippen molar-refractivity contribution < 1.29 is 9.59 Å². The molecule has 0 saturated carbocycles. The molecule has 0 fully saturated rings. The molecule has 0 heterocycles. The Hall–Kier alpha value is -1.84. The highest BCUT2D eigenvalue weighted by molar-refractivity contribution is 6.39. The van der Waals surface area contributed by atoms with Crippen molar-refractivity contribution in [2.45, 2.75) is 46.1 Å². The van der Waals surface area contributed by atoms with Gasteiger partial charge in [-0.15, -0.1) is 0 Å². The maximum Gasteiger partial charge on any atom is 0.313 e. The Morgan fingerprint density at radius 3 is 2.32 bits per heavy atom. The van der Waals surface area contributed by atoms with Crippen LogP contribution < -0.4 is 10.6 Å². The van der Waals surface area contributed by atoms with Crippen LogP contribution in [-0.2, 0) is 9.59 Å². The van der Waals surface area contributed by atoms with E-state index in [4.69, 9.17) is 0 Å². The lowest BCUT2D eigenvalue weighted by Gasteiger charge is -2.14. The highest BCUT2D eigenvalue weighted by Crippen LogP contribution is 2.23. The Bertz CT molecular complexity index is 455. The summed E-state index contributed by atoms with van der Waals surface area (Å²) in [6, 6.07) is 7.52. The van der Waals surface area contributed by atoms with Gasteiger partial charge in [0.1, 0.15) is 0 Å². The van der Waals surface area contributed by atoms with Crippen LogP contribution in [0.25, 0.3) is 0 Å². The van der Waals surface area contributed by atoms with E-state index in [0.29, 0.717) is 5.69 Å². The molecule has 0 aliphatic heterocycles. The lowest BCUT2D eigenvalue weighted by atomic mass is 10.0. The first kappa shape index (κ1) is 15.2. The number of para-hydroxylation sites is 1. The lowest BCUT2D eigenvalue weighted by molar-refractivity contribution is -0.136. The van der Waals surface area contributed by atoms with Gasteiger partial charge < -0.3 is 10.6 Å². The third-order valence-corrected chi connectivity index (χ3v) is 3.03. The predicted molar refractivity (Wildman–Crippen MR) is 77.1 cm³/mol. The molecule has 0 aliphatic carbocycles. The Morgan fingerprint density at radius 2 is 1.74 bits per heavy atom.